The Labute approximate surface area is 189 Å². The van der Waals surface area contributed by atoms with Crippen LogP contribution in [-0.2, 0) is 17.3 Å². The molecule has 0 radical (unpaired) electrons. The molecule has 0 fully saturated rings. The summed E-state index contributed by atoms with van der Waals surface area (Å²) in [6.07, 6.45) is -4.03. The van der Waals surface area contributed by atoms with Gasteiger partial charge in [0.25, 0.3) is 0 Å². The number of benzene rings is 3. The van der Waals surface area contributed by atoms with E-state index in [-0.39, 0.29) is 11.5 Å². The summed E-state index contributed by atoms with van der Waals surface area (Å²) in [6.45, 7) is 1.78. The molecule has 172 valence electrons. The first-order valence-electron chi connectivity index (χ1n) is 10.2. The van der Waals surface area contributed by atoms with Gasteiger partial charge in [-0.1, -0.05) is 43.3 Å². The van der Waals surface area contributed by atoms with Crippen LogP contribution >= 0.6 is 0 Å². The van der Waals surface area contributed by atoms with Crippen molar-refractivity contribution in [3.05, 3.63) is 99.4 Å². The van der Waals surface area contributed by atoms with Crippen LogP contribution in [0.2, 0.25) is 0 Å². The van der Waals surface area contributed by atoms with E-state index in [1.807, 2.05) is 0 Å². The Morgan fingerprint density at radius 1 is 0.939 bits per heavy atom. The molecule has 5 N–H and O–H groups in total. The number of nitrogens with one attached hydrogen (secondary N) is 1. The lowest BCUT2D eigenvalue weighted by atomic mass is 10.1. The molecule has 5 nitrogen and oxygen atoms in total. The van der Waals surface area contributed by atoms with Gasteiger partial charge < -0.3 is 21.5 Å². The molecule has 8 heteroatoms. The van der Waals surface area contributed by atoms with Crippen molar-refractivity contribution >= 4 is 23.2 Å². The highest BCUT2D eigenvalue weighted by Gasteiger charge is 2.31. The predicted octanol–water partition coefficient (Wildman–Crippen LogP) is 3.31. The first kappa shape index (κ1) is 23.7. The van der Waals surface area contributed by atoms with Crippen LogP contribution in [0, 0.1) is 0 Å². The van der Waals surface area contributed by atoms with Crippen LogP contribution in [0.3, 0.4) is 0 Å². The summed E-state index contributed by atoms with van der Waals surface area (Å²) >= 11 is 0. The van der Waals surface area contributed by atoms with E-state index in [4.69, 9.17) is 16.2 Å². The van der Waals surface area contributed by atoms with Crippen molar-refractivity contribution < 1.29 is 22.7 Å². The fourth-order valence-electron chi connectivity index (χ4n) is 3.37. The van der Waals surface area contributed by atoms with Gasteiger partial charge in [-0.15, -0.1) is 0 Å². The quantitative estimate of drug-likeness (QED) is 0.514. The van der Waals surface area contributed by atoms with Gasteiger partial charge >= 0.3 is 12.1 Å². The zero-order valence-corrected chi connectivity index (χ0v) is 18.2. The van der Waals surface area contributed by atoms with Gasteiger partial charge in [0.2, 0.25) is 0 Å². The predicted molar refractivity (Wildman–Crippen MR) is 122 cm³/mol. The number of esters is 1. The first-order valence-corrected chi connectivity index (χ1v) is 10.2. The van der Waals surface area contributed by atoms with Gasteiger partial charge in [0.1, 0.15) is 5.82 Å². The van der Waals surface area contributed by atoms with Crippen LogP contribution in [-0.4, -0.2) is 13.1 Å². The maximum absolute atomic E-state index is 13.3. The summed E-state index contributed by atoms with van der Waals surface area (Å²) < 4.78 is 44.6. The number of methoxy groups -OCH3 is 1. The minimum atomic E-state index is -4.47. The molecular formula is C25H24F3N3O2. The first-order chi connectivity index (χ1) is 15.6. The van der Waals surface area contributed by atoms with Gasteiger partial charge in [0.05, 0.1) is 18.2 Å². The van der Waals surface area contributed by atoms with E-state index in [1.54, 1.807) is 61.5 Å². The summed E-state index contributed by atoms with van der Waals surface area (Å²) in [4.78, 5) is 11.7. The molecule has 0 atom stereocenters. The Morgan fingerprint density at radius 3 is 2.12 bits per heavy atom. The van der Waals surface area contributed by atoms with E-state index in [0.29, 0.717) is 39.2 Å². The molecule has 0 amide bonds. The number of nitrogens with two attached hydrogens (primary N) is 2. The van der Waals surface area contributed by atoms with Crippen LogP contribution in [0.1, 0.15) is 34.0 Å². The number of halogens is 3. The Hall–Kier alpha value is -3.94. The molecule has 3 rings (SSSR count). The molecule has 0 saturated heterocycles. The Bertz CT molecular complexity index is 1280. The third-order valence-electron chi connectivity index (χ3n) is 5.13. The number of carbonyl (C=O) groups is 1. The maximum Gasteiger partial charge on any atom is 0.416 e. The van der Waals surface area contributed by atoms with E-state index < -0.39 is 17.7 Å². The maximum atomic E-state index is 13.3. The van der Waals surface area contributed by atoms with Crippen molar-refractivity contribution in [3.63, 3.8) is 0 Å². The fourth-order valence-corrected chi connectivity index (χ4v) is 3.37. The molecule has 0 aliphatic heterocycles. The van der Waals surface area contributed by atoms with Crippen molar-refractivity contribution in [1.29, 1.82) is 0 Å². The minimum absolute atomic E-state index is 0.154. The number of aryl methyl sites for hydroxylation is 1. The molecule has 0 saturated carbocycles. The van der Waals surface area contributed by atoms with Crippen molar-refractivity contribution in [2.24, 2.45) is 11.5 Å². The summed E-state index contributed by atoms with van der Waals surface area (Å²) in [7, 11) is 1.30. The molecule has 0 heterocycles. The lowest BCUT2D eigenvalue weighted by Gasteiger charge is -2.14. The summed E-state index contributed by atoms with van der Waals surface area (Å²) in [5.41, 5.74) is 14.1. The monoisotopic (exact) mass is 455 g/mol. The minimum Gasteiger partial charge on any atom is -0.465 e. The number of ether oxygens (including phenoxy) is 1. The van der Waals surface area contributed by atoms with Crippen LogP contribution in [0.4, 0.5) is 18.9 Å². The Morgan fingerprint density at radius 2 is 1.55 bits per heavy atom. The fraction of sp³-hybridized carbons (Fsp3) is 0.160. The second kappa shape index (κ2) is 9.68. The van der Waals surface area contributed by atoms with Gasteiger partial charge in [-0.25, -0.2) is 4.79 Å². The lowest BCUT2D eigenvalue weighted by molar-refractivity contribution is -0.137. The zero-order chi connectivity index (χ0) is 24.2. The van der Waals surface area contributed by atoms with Crippen LogP contribution < -0.4 is 27.2 Å². The van der Waals surface area contributed by atoms with Crippen molar-refractivity contribution in [3.8, 4) is 0 Å². The summed E-state index contributed by atoms with van der Waals surface area (Å²) in [5.74, 6) is -0.309. The topological polar surface area (TPSA) is 90.4 Å². The van der Waals surface area contributed by atoms with Gasteiger partial charge in [-0.05, 0) is 47.9 Å². The Kier molecular flexibility index (Phi) is 6.96. The van der Waals surface area contributed by atoms with Crippen molar-refractivity contribution in [2.75, 3.05) is 12.4 Å². The molecule has 0 aromatic heterocycles. The number of anilines is 1. The SMILES string of the molecule is CCc1cc(N/C(N)=c2\cccc\c2=C(\N)c2ccc(C(=O)OC)cc2)cc(C(F)(F)F)c1. The Balaban J connectivity index is 2.10. The molecule has 0 spiro atoms. The van der Waals surface area contributed by atoms with E-state index in [9.17, 15) is 18.0 Å². The normalized spacial score (nSPS) is 13.2. The van der Waals surface area contributed by atoms with E-state index in [1.165, 1.54) is 7.11 Å². The number of alkyl halides is 3. The molecule has 33 heavy (non-hydrogen) atoms. The smallest absolute Gasteiger partial charge is 0.416 e. The molecule has 3 aromatic rings. The second-order valence-electron chi connectivity index (χ2n) is 7.34. The van der Waals surface area contributed by atoms with Crippen LogP contribution in [0.5, 0.6) is 0 Å². The van der Waals surface area contributed by atoms with Gasteiger partial charge in [0, 0.05) is 21.8 Å². The zero-order valence-electron chi connectivity index (χ0n) is 18.2. The van der Waals surface area contributed by atoms with E-state index in [2.05, 4.69) is 5.32 Å². The van der Waals surface area contributed by atoms with Gasteiger partial charge in [-0.2, -0.15) is 13.2 Å². The van der Waals surface area contributed by atoms with E-state index >= 15 is 0 Å². The third-order valence-corrected chi connectivity index (χ3v) is 5.13. The standard InChI is InChI=1S/C25H24F3N3O2/c1-3-15-12-18(25(26,27)28)14-19(13-15)31-23(30)21-7-5-4-6-20(21)22(29)16-8-10-17(11-9-16)24(32)33-2/h4-14,31H,3,29-30H2,1-2H3/b22-20-,23-21+. The van der Waals surface area contributed by atoms with Crippen molar-refractivity contribution in [2.45, 2.75) is 19.5 Å². The number of carbonyl (C=O) groups excluding carboxylic acids is 1. The third kappa shape index (κ3) is 5.46. The highest BCUT2D eigenvalue weighted by atomic mass is 19.4. The largest absolute Gasteiger partial charge is 0.465 e. The molecule has 3 aromatic carbocycles. The highest BCUT2D eigenvalue weighted by Crippen LogP contribution is 2.32. The van der Waals surface area contributed by atoms with E-state index in [0.717, 1.165) is 12.1 Å². The second-order valence-corrected chi connectivity index (χ2v) is 7.34. The summed E-state index contributed by atoms with van der Waals surface area (Å²) in [6, 6.07) is 17.3. The highest BCUT2D eigenvalue weighted by molar-refractivity contribution is 5.89. The van der Waals surface area contributed by atoms with Crippen LogP contribution in [0.25, 0.3) is 11.5 Å². The number of hydrogen-bond acceptors (Lipinski definition) is 5. The number of rotatable bonds is 5. The van der Waals surface area contributed by atoms with Gasteiger partial charge in [0.15, 0.2) is 0 Å². The molecule has 0 bridgehead atoms. The lowest BCUT2D eigenvalue weighted by Crippen LogP contribution is -2.35. The molecule has 0 aliphatic rings. The average Bonchev–Trinajstić information content (AvgIpc) is 2.82. The molecule has 0 aliphatic carbocycles. The summed E-state index contributed by atoms with van der Waals surface area (Å²) in [5, 5.41) is 4.01. The van der Waals surface area contributed by atoms with Gasteiger partial charge in [-0.3, -0.25) is 0 Å². The number of hydrogen-bond donors (Lipinski definition) is 3. The van der Waals surface area contributed by atoms with Crippen molar-refractivity contribution in [1.82, 2.24) is 0 Å². The molecular weight excluding hydrogens is 431 g/mol. The average molecular weight is 455 g/mol. The van der Waals surface area contributed by atoms with Crippen LogP contribution in [0.15, 0.2) is 66.7 Å². The molecule has 0 unspecified atom stereocenters.